The highest BCUT2D eigenvalue weighted by Gasteiger charge is 2.03. The molecule has 1 aromatic heterocycles. The van der Waals surface area contributed by atoms with Gasteiger partial charge in [0.15, 0.2) is 0 Å². The minimum Gasteiger partial charge on any atom is -0.412 e. The molecule has 0 spiro atoms. The van der Waals surface area contributed by atoms with E-state index in [2.05, 4.69) is 5.10 Å². The number of rotatable bonds is 0. The van der Waals surface area contributed by atoms with Gasteiger partial charge in [0, 0.05) is 0 Å². The highest BCUT2D eigenvalue weighted by Crippen LogP contribution is 1.92. The second kappa shape index (κ2) is 1.79. The number of hydrogen-bond donors (Lipinski definition) is 1. The lowest BCUT2D eigenvalue weighted by Crippen LogP contribution is -2.07. The molecule has 0 fully saturated rings. The molecule has 1 rings (SSSR count). The van der Waals surface area contributed by atoms with Crippen LogP contribution in [-0.4, -0.2) is 23.0 Å². The first-order chi connectivity index (χ1) is 4.13. The molecular formula is C5H9BN2O. The second-order valence-electron chi connectivity index (χ2n) is 2.19. The van der Waals surface area contributed by atoms with Gasteiger partial charge in [-0.1, -0.05) is 0 Å². The average molecular weight is 124 g/mol. The Labute approximate surface area is 54.7 Å². The first-order valence-electron chi connectivity index (χ1n) is 2.85. The van der Waals surface area contributed by atoms with E-state index in [0.717, 1.165) is 21.7 Å². The smallest absolute Gasteiger partial charge is 0.144 e. The van der Waals surface area contributed by atoms with Crippen molar-refractivity contribution in [3.05, 3.63) is 11.4 Å². The van der Waals surface area contributed by atoms with Crippen LogP contribution in [0.15, 0.2) is 0 Å². The molecule has 0 radical (unpaired) electrons. The van der Waals surface area contributed by atoms with Crippen LogP contribution in [0.3, 0.4) is 0 Å². The fourth-order valence-corrected chi connectivity index (χ4v) is 0.704. The van der Waals surface area contributed by atoms with Crippen molar-refractivity contribution in [2.24, 2.45) is 0 Å². The summed E-state index contributed by atoms with van der Waals surface area (Å²) in [6, 6.07) is 0. The van der Waals surface area contributed by atoms with Gasteiger partial charge in [0.1, 0.15) is 7.85 Å². The van der Waals surface area contributed by atoms with E-state index < -0.39 is 0 Å². The summed E-state index contributed by atoms with van der Waals surface area (Å²) in [5, 5.41) is 12.7. The van der Waals surface area contributed by atoms with Gasteiger partial charge in [-0.3, -0.25) is 0 Å². The summed E-state index contributed by atoms with van der Waals surface area (Å²) in [6.07, 6.45) is 0. The molecule has 9 heavy (non-hydrogen) atoms. The highest BCUT2D eigenvalue weighted by atomic mass is 16.5. The molecule has 0 saturated carbocycles. The third-order valence-electron chi connectivity index (χ3n) is 1.63. The van der Waals surface area contributed by atoms with E-state index in [4.69, 9.17) is 5.21 Å². The fourth-order valence-electron chi connectivity index (χ4n) is 0.704. The van der Waals surface area contributed by atoms with E-state index in [-0.39, 0.29) is 0 Å². The maximum atomic E-state index is 8.93. The van der Waals surface area contributed by atoms with E-state index in [1.807, 2.05) is 21.7 Å². The SMILES string of the molecule is Bc1c(C)nn(O)c1C. The van der Waals surface area contributed by atoms with Crippen LogP contribution in [0.2, 0.25) is 0 Å². The molecule has 48 valence electrons. The van der Waals surface area contributed by atoms with Gasteiger partial charge in [-0.25, -0.2) is 0 Å². The zero-order chi connectivity index (χ0) is 7.02. The van der Waals surface area contributed by atoms with Crippen LogP contribution in [-0.2, 0) is 0 Å². The predicted molar refractivity (Wildman–Crippen MR) is 37.1 cm³/mol. The van der Waals surface area contributed by atoms with Gasteiger partial charge < -0.3 is 5.21 Å². The molecule has 1 N–H and O–H groups in total. The lowest BCUT2D eigenvalue weighted by Gasteiger charge is -1.89. The van der Waals surface area contributed by atoms with Crippen LogP contribution >= 0.6 is 0 Å². The molecule has 0 atom stereocenters. The molecule has 0 aromatic carbocycles. The number of aromatic nitrogens is 2. The van der Waals surface area contributed by atoms with Crippen LogP contribution < -0.4 is 5.46 Å². The van der Waals surface area contributed by atoms with E-state index in [1.165, 1.54) is 0 Å². The van der Waals surface area contributed by atoms with Crippen molar-refractivity contribution in [2.75, 3.05) is 0 Å². The molecule has 0 aliphatic heterocycles. The van der Waals surface area contributed by atoms with Gasteiger partial charge in [0.05, 0.1) is 11.4 Å². The first-order valence-corrected chi connectivity index (χ1v) is 2.85. The normalized spacial score (nSPS) is 10.0. The molecule has 0 bridgehead atoms. The van der Waals surface area contributed by atoms with Gasteiger partial charge in [0.2, 0.25) is 0 Å². The fraction of sp³-hybridized carbons (Fsp3) is 0.400. The van der Waals surface area contributed by atoms with Crippen LogP contribution in [0.1, 0.15) is 11.4 Å². The third-order valence-corrected chi connectivity index (χ3v) is 1.63. The van der Waals surface area contributed by atoms with E-state index in [0.29, 0.717) is 0 Å². The Morgan fingerprint density at radius 3 is 2.22 bits per heavy atom. The van der Waals surface area contributed by atoms with Crippen LogP contribution in [0.25, 0.3) is 0 Å². The van der Waals surface area contributed by atoms with Gasteiger partial charge >= 0.3 is 0 Å². The van der Waals surface area contributed by atoms with E-state index in [1.54, 1.807) is 0 Å². The van der Waals surface area contributed by atoms with Crippen LogP contribution in [0, 0.1) is 13.8 Å². The molecule has 1 aromatic rings. The second-order valence-corrected chi connectivity index (χ2v) is 2.19. The summed E-state index contributed by atoms with van der Waals surface area (Å²) < 4.78 is 0. The molecule has 0 unspecified atom stereocenters. The Hall–Kier alpha value is -0.925. The van der Waals surface area contributed by atoms with E-state index >= 15 is 0 Å². The zero-order valence-corrected chi connectivity index (χ0v) is 5.84. The summed E-state index contributed by atoms with van der Waals surface area (Å²) in [5.41, 5.74) is 2.75. The first kappa shape index (κ1) is 6.20. The lowest BCUT2D eigenvalue weighted by atomic mass is 9.94. The van der Waals surface area contributed by atoms with E-state index in [9.17, 15) is 0 Å². The van der Waals surface area contributed by atoms with Crippen LogP contribution in [0.4, 0.5) is 0 Å². The predicted octanol–water partition coefficient (Wildman–Crippen LogP) is -1.00. The number of aryl methyl sites for hydroxylation is 1. The maximum Gasteiger partial charge on any atom is 0.144 e. The standard InChI is InChI=1S/C5H9BN2O/c1-3-5(6)4(2)8(9)7-3/h9H,6H2,1-2H3. The maximum absolute atomic E-state index is 8.93. The van der Waals surface area contributed by atoms with Crippen molar-refractivity contribution < 1.29 is 5.21 Å². The largest absolute Gasteiger partial charge is 0.412 e. The van der Waals surface area contributed by atoms with Gasteiger partial charge in [-0.15, -0.1) is 9.94 Å². The van der Waals surface area contributed by atoms with Gasteiger partial charge in [-0.05, 0) is 19.3 Å². The summed E-state index contributed by atoms with van der Waals surface area (Å²) in [7, 11) is 1.93. The molecule has 1 heterocycles. The molecule has 0 saturated heterocycles. The zero-order valence-electron chi connectivity index (χ0n) is 5.84. The summed E-state index contributed by atoms with van der Waals surface area (Å²) >= 11 is 0. The van der Waals surface area contributed by atoms with Crippen molar-refractivity contribution in [3.8, 4) is 0 Å². The molecule has 0 aliphatic carbocycles. The van der Waals surface area contributed by atoms with Gasteiger partial charge in [0.25, 0.3) is 0 Å². The summed E-state index contributed by atoms with van der Waals surface area (Å²) in [6.45, 7) is 3.70. The Morgan fingerprint density at radius 2 is 2.11 bits per heavy atom. The van der Waals surface area contributed by atoms with Crippen molar-refractivity contribution in [3.63, 3.8) is 0 Å². The topological polar surface area (TPSA) is 38.0 Å². The Morgan fingerprint density at radius 1 is 1.56 bits per heavy atom. The molecule has 4 heteroatoms. The number of hydrogen-bond acceptors (Lipinski definition) is 2. The Balaban J connectivity index is 3.29. The molecule has 0 amide bonds. The summed E-state index contributed by atoms with van der Waals surface area (Å²) in [4.78, 5) is 0.907. The van der Waals surface area contributed by atoms with Gasteiger partial charge in [-0.2, -0.15) is 0 Å². The average Bonchev–Trinajstić information content (AvgIpc) is 1.98. The summed E-state index contributed by atoms with van der Waals surface area (Å²) in [5.74, 6) is 0. The third kappa shape index (κ3) is 0.802. The quantitative estimate of drug-likeness (QED) is 0.355. The highest BCUT2D eigenvalue weighted by molar-refractivity contribution is 6.33. The molecular weight excluding hydrogens is 115 g/mol. The van der Waals surface area contributed by atoms with Crippen molar-refractivity contribution in [1.82, 2.24) is 9.94 Å². The molecule has 3 nitrogen and oxygen atoms in total. The lowest BCUT2D eigenvalue weighted by molar-refractivity contribution is 0.142. The molecule has 0 aliphatic rings. The Kier molecular flexibility index (Phi) is 1.23. The monoisotopic (exact) mass is 124 g/mol. The minimum atomic E-state index is 0.813. The van der Waals surface area contributed by atoms with Crippen LogP contribution in [0.5, 0.6) is 0 Å². The number of nitrogens with zero attached hydrogens (tertiary/aromatic N) is 2. The Bertz CT molecular complexity index is 209. The van der Waals surface area contributed by atoms with Crippen molar-refractivity contribution >= 4 is 13.3 Å². The van der Waals surface area contributed by atoms with Crippen molar-refractivity contribution in [2.45, 2.75) is 13.8 Å². The van der Waals surface area contributed by atoms with Crippen molar-refractivity contribution in [1.29, 1.82) is 0 Å². The minimum absolute atomic E-state index is 0.813.